The number of rotatable bonds is 9. The van der Waals surface area contributed by atoms with Gasteiger partial charge in [-0.25, -0.2) is 0 Å². The van der Waals surface area contributed by atoms with Crippen molar-refractivity contribution in [1.82, 2.24) is 24.9 Å². The number of nitro benzene ring substituents is 1. The van der Waals surface area contributed by atoms with E-state index in [0.29, 0.717) is 28.9 Å². The number of piperidine rings is 4. The zero-order valence-electron chi connectivity index (χ0n) is 31.4. The minimum atomic E-state index is -0.964. The van der Waals surface area contributed by atoms with Gasteiger partial charge >= 0.3 is 5.69 Å². The smallest absolute Gasteiger partial charge is 0.311 e. The van der Waals surface area contributed by atoms with Gasteiger partial charge in [0.05, 0.1) is 29.4 Å². The van der Waals surface area contributed by atoms with Crippen LogP contribution in [0.1, 0.15) is 72.1 Å². The number of amides is 4. The number of methoxy groups -OCH3 is 1. The molecule has 6 heterocycles. The number of ether oxygens (including phenoxy) is 1. The highest BCUT2D eigenvalue weighted by Crippen LogP contribution is 2.43. The number of anilines is 2. The van der Waals surface area contributed by atoms with Gasteiger partial charge in [0.15, 0.2) is 5.75 Å². The van der Waals surface area contributed by atoms with Crippen molar-refractivity contribution in [1.29, 1.82) is 0 Å². The summed E-state index contributed by atoms with van der Waals surface area (Å²) < 4.78 is 7.16. The van der Waals surface area contributed by atoms with E-state index in [1.54, 1.807) is 29.1 Å². The van der Waals surface area contributed by atoms with Crippen molar-refractivity contribution in [2.45, 2.75) is 57.4 Å². The van der Waals surface area contributed by atoms with E-state index in [1.807, 2.05) is 25.4 Å². The van der Waals surface area contributed by atoms with Crippen LogP contribution in [0.5, 0.6) is 5.75 Å². The first-order chi connectivity index (χ1) is 26.6. The number of aryl methyl sites for hydroxylation is 1. The highest BCUT2D eigenvalue weighted by Gasteiger charge is 2.45. The summed E-state index contributed by atoms with van der Waals surface area (Å²) in [5.74, 6) is 0.293. The van der Waals surface area contributed by atoms with E-state index in [4.69, 9.17) is 4.74 Å². The second kappa shape index (κ2) is 15.1. The van der Waals surface area contributed by atoms with E-state index in [2.05, 4.69) is 25.1 Å². The Morgan fingerprint density at radius 3 is 2.15 bits per heavy atom. The fourth-order valence-electron chi connectivity index (χ4n) is 9.53. The summed E-state index contributed by atoms with van der Waals surface area (Å²) >= 11 is 0. The Morgan fingerprint density at radius 2 is 1.51 bits per heavy atom. The van der Waals surface area contributed by atoms with Crippen LogP contribution in [0.15, 0.2) is 42.7 Å². The largest absolute Gasteiger partial charge is 0.490 e. The Balaban J connectivity index is 0.815. The molecule has 0 radical (unpaired) electrons. The zero-order valence-corrected chi connectivity index (χ0v) is 31.4. The Morgan fingerprint density at radius 1 is 0.836 bits per heavy atom. The normalized spacial score (nSPS) is 22.0. The Labute approximate surface area is 319 Å². The molecule has 2 aromatic carbocycles. The lowest BCUT2D eigenvalue weighted by atomic mass is 9.78. The second-order valence-electron chi connectivity index (χ2n) is 15.8. The fraction of sp³-hybridized carbons (Fsp3) is 0.525. The summed E-state index contributed by atoms with van der Waals surface area (Å²) in [5, 5.41) is 18.4. The summed E-state index contributed by atoms with van der Waals surface area (Å²) in [6.45, 7) is 6.85. The van der Waals surface area contributed by atoms with Crippen LogP contribution < -0.4 is 19.9 Å². The SMILES string of the molecule is COc1cc(N2CCC(C3CCN(CC4CCN(c5ccc6c(c5)C(=O)N(C5CCC(=O)NC5=O)C6=O)CC4)CC3)CC2)c(-c2cnn(C)c2)cc1[N+](=O)[O-]. The molecule has 15 nitrogen and oxygen atoms in total. The highest BCUT2D eigenvalue weighted by molar-refractivity contribution is 6.23. The molecule has 4 saturated heterocycles. The predicted molar refractivity (Wildman–Crippen MR) is 204 cm³/mol. The van der Waals surface area contributed by atoms with Gasteiger partial charge in [0, 0.05) is 87.0 Å². The molecule has 1 unspecified atom stereocenters. The van der Waals surface area contributed by atoms with Gasteiger partial charge in [-0.05, 0) is 94.0 Å². The monoisotopic (exact) mass is 752 g/mol. The number of carbonyl (C=O) groups excluding carboxylic acids is 4. The molecule has 15 heteroatoms. The first-order valence-corrected chi connectivity index (χ1v) is 19.5. The van der Waals surface area contributed by atoms with Gasteiger partial charge in [-0.3, -0.25) is 44.2 Å². The molecule has 0 saturated carbocycles. The van der Waals surface area contributed by atoms with Crippen LogP contribution in [-0.4, -0.2) is 107 Å². The van der Waals surface area contributed by atoms with E-state index in [9.17, 15) is 29.3 Å². The van der Waals surface area contributed by atoms with E-state index < -0.39 is 28.7 Å². The molecule has 1 N–H and O–H groups in total. The summed E-state index contributed by atoms with van der Waals surface area (Å²) in [7, 11) is 3.32. The molecule has 0 bridgehead atoms. The van der Waals surface area contributed by atoms with E-state index in [1.165, 1.54) is 20.0 Å². The maximum atomic E-state index is 13.3. The first kappa shape index (κ1) is 36.7. The molecule has 55 heavy (non-hydrogen) atoms. The standard InChI is InChI=1S/C40H48N8O7/c1-43-24-28(22-41-43)31-20-35(48(53)54)36(55-2)21-34(31)46-17-11-27(12-18-46)26-9-13-44(14-10-26)23-25-7-15-45(16-8-25)29-3-4-30-32(19-29)40(52)47(39(30)51)33-5-6-37(49)42-38(33)50/h3-4,19-22,24-27,33H,5-18,23H2,1-2H3,(H,42,49,50). The number of carbonyl (C=O) groups is 4. The first-order valence-electron chi connectivity index (χ1n) is 19.5. The van der Waals surface area contributed by atoms with Crippen molar-refractivity contribution in [3.63, 3.8) is 0 Å². The molecule has 3 aromatic rings. The molecule has 4 amide bonds. The van der Waals surface area contributed by atoms with Gasteiger partial charge in [-0.1, -0.05) is 0 Å². The third-order valence-electron chi connectivity index (χ3n) is 12.6. The minimum absolute atomic E-state index is 0.0468. The third kappa shape index (κ3) is 7.17. The number of nitrogens with zero attached hydrogens (tertiary/aromatic N) is 7. The molecule has 5 aliphatic heterocycles. The molecule has 290 valence electrons. The Kier molecular flexibility index (Phi) is 10.1. The number of nitro groups is 1. The molecule has 1 aromatic heterocycles. The van der Waals surface area contributed by atoms with Crippen LogP contribution in [0.3, 0.4) is 0 Å². The van der Waals surface area contributed by atoms with Crippen LogP contribution in [0, 0.1) is 27.9 Å². The van der Waals surface area contributed by atoms with Crippen LogP contribution in [0.25, 0.3) is 11.1 Å². The molecule has 4 fully saturated rings. The number of benzene rings is 2. The number of nitrogens with one attached hydrogen (secondary N) is 1. The summed E-state index contributed by atoms with van der Waals surface area (Å²) in [5.41, 5.74) is 4.10. The molecule has 0 spiro atoms. The zero-order chi connectivity index (χ0) is 38.4. The van der Waals surface area contributed by atoms with Crippen molar-refractivity contribution in [2.75, 3.05) is 62.7 Å². The number of hydrogen-bond acceptors (Lipinski definition) is 11. The van der Waals surface area contributed by atoms with Gasteiger partial charge < -0.3 is 19.4 Å². The number of hydrogen-bond donors (Lipinski definition) is 1. The molecular weight excluding hydrogens is 704 g/mol. The van der Waals surface area contributed by atoms with Gasteiger partial charge in [0.1, 0.15) is 6.04 Å². The highest BCUT2D eigenvalue weighted by atomic mass is 16.6. The van der Waals surface area contributed by atoms with Crippen LogP contribution in [-0.2, 0) is 16.6 Å². The van der Waals surface area contributed by atoms with Crippen molar-refractivity contribution in [3.8, 4) is 16.9 Å². The lowest BCUT2D eigenvalue weighted by Crippen LogP contribution is -2.54. The lowest BCUT2D eigenvalue weighted by molar-refractivity contribution is -0.385. The van der Waals surface area contributed by atoms with Gasteiger partial charge in [-0.2, -0.15) is 5.10 Å². The van der Waals surface area contributed by atoms with Gasteiger partial charge in [0.25, 0.3) is 11.8 Å². The van der Waals surface area contributed by atoms with E-state index in [-0.39, 0.29) is 30.2 Å². The lowest BCUT2D eigenvalue weighted by Gasteiger charge is -2.42. The average molecular weight is 753 g/mol. The maximum absolute atomic E-state index is 13.3. The molecule has 1 atom stereocenters. The minimum Gasteiger partial charge on any atom is -0.490 e. The number of fused-ring (bicyclic) bond motifs is 1. The third-order valence-corrected chi connectivity index (χ3v) is 12.6. The number of likely N-dealkylation sites (tertiary alicyclic amines) is 1. The van der Waals surface area contributed by atoms with Crippen molar-refractivity contribution < 1.29 is 28.8 Å². The number of aromatic nitrogens is 2. The molecule has 0 aliphatic carbocycles. The van der Waals surface area contributed by atoms with Crippen molar-refractivity contribution in [2.24, 2.45) is 24.8 Å². The summed E-state index contributed by atoms with van der Waals surface area (Å²) in [6, 6.07) is 7.86. The van der Waals surface area contributed by atoms with Crippen LogP contribution in [0.4, 0.5) is 17.1 Å². The predicted octanol–water partition coefficient (Wildman–Crippen LogP) is 4.25. The Bertz CT molecular complexity index is 2010. The average Bonchev–Trinajstić information content (AvgIpc) is 3.74. The maximum Gasteiger partial charge on any atom is 0.311 e. The molecular formula is C40H48N8O7. The van der Waals surface area contributed by atoms with E-state index >= 15 is 0 Å². The quantitative estimate of drug-likeness (QED) is 0.189. The van der Waals surface area contributed by atoms with Crippen LogP contribution in [0.2, 0.25) is 0 Å². The van der Waals surface area contributed by atoms with Gasteiger partial charge in [0.2, 0.25) is 11.8 Å². The van der Waals surface area contributed by atoms with Crippen molar-refractivity contribution >= 4 is 40.7 Å². The topological polar surface area (TPSA) is 163 Å². The van der Waals surface area contributed by atoms with Crippen molar-refractivity contribution in [3.05, 3.63) is 64.0 Å². The van der Waals surface area contributed by atoms with Crippen LogP contribution >= 0.6 is 0 Å². The van der Waals surface area contributed by atoms with E-state index in [0.717, 1.165) is 98.9 Å². The fourth-order valence-corrected chi connectivity index (χ4v) is 9.53. The summed E-state index contributed by atoms with van der Waals surface area (Å²) in [4.78, 5) is 70.3. The Hall–Kier alpha value is -5.31. The summed E-state index contributed by atoms with van der Waals surface area (Å²) in [6.07, 6.45) is 10.6. The molecule has 5 aliphatic rings. The van der Waals surface area contributed by atoms with Gasteiger partial charge in [-0.15, -0.1) is 0 Å². The molecule has 8 rings (SSSR count). The number of imide groups is 2. The second-order valence-corrected chi connectivity index (χ2v) is 15.8.